The summed E-state index contributed by atoms with van der Waals surface area (Å²) in [5, 5.41) is 0. The molecular formula is C7H9ClN2O2. The highest BCUT2D eigenvalue weighted by Gasteiger charge is 2.15. The number of hydrazine groups is 1. The SMILES string of the molecule is Cl.NNc1cccc2c1OCO2. The lowest BCUT2D eigenvalue weighted by molar-refractivity contribution is 0.174. The summed E-state index contributed by atoms with van der Waals surface area (Å²) in [6, 6.07) is 5.51. The van der Waals surface area contributed by atoms with E-state index >= 15 is 0 Å². The Morgan fingerprint density at radius 2 is 2.17 bits per heavy atom. The first kappa shape index (κ1) is 8.96. The van der Waals surface area contributed by atoms with Gasteiger partial charge < -0.3 is 14.9 Å². The molecule has 5 heteroatoms. The minimum absolute atomic E-state index is 0. The molecule has 4 nitrogen and oxygen atoms in total. The molecule has 0 aliphatic carbocycles. The smallest absolute Gasteiger partial charge is 0.231 e. The van der Waals surface area contributed by atoms with Crippen molar-refractivity contribution in [2.45, 2.75) is 0 Å². The third-order valence-electron chi connectivity index (χ3n) is 1.55. The third kappa shape index (κ3) is 1.26. The van der Waals surface area contributed by atoms with Crippen LogP contribution in [0.4, 0.5) is 5.69 Å². The molecule has 0 radical (unpaired) electrons. The number of rotatable bonds is 1. The highest BCUT2D eigenvalue weighted by molar-refractivity contribution is 5.85. The number of anilines is 1. The lowest BCUT2D eigenvalue weighted by Gasteiger charge is -2.02. The van der Waals surface area contributed by atoms with E-state index in [2.05, 4.69) is 5.43 Å². The summed E-state index contributed by atoms with van der Waals surface area (Å²) in [5.74, 6) is 6.66. The highest BCUT2D eigenvalue weighted by Crippen LogP contribution is 2.37. The molecule has 2 rings (SSSR count). The largest absolute Gasteiger partial charge is 0.454 e. The maximum absolute atomic E-state index is 5.24. The molecule has 0 saturated heterocycles. The average Bonchev–Trinajstić information content (AvgIpc) is 2.50. The van der Waals surface area contributed by atoms with Gasteiger partial charge in [-0.2, -0.15) is 0 Å². The van der Waals surface area contributed by atoms with Crippen molar-refractivity contribution in [1.29, 1.82) is 0 Å². The monoisotopic (exact) mass is 188 g/mol. The first-order valence-corrected chi connectivity index (χ1v) is 3.27. The zero-order valence-electron chi connectivity index (χ0n) is 6.24. The van der Waals surface area contributed by atoms with Crippen LogP contribution in [0.2, 0.25) is 0 Å². The van der Waals surface area contributed by atoms with Crippen molar-refractivity contribution >= 4 is 18.1 Å². The van der Waals surface area contributed by atoms with Crippen molar-refractivity contribution in [2.24, 2.45) is 5.84 Å². The van der Waals surface area contributed by atoms with Crippen LogP contribution in [0.3, 0.4) is 0 Å². The van der Waals surface area contributed by atoms with Gasteiger partial charge in [0, 0.05) is 0 Å². The van der Waals surface area contributed by atoms with Gasteiger partial charge in [0.1, 0.15) is 0 Å². The first-order chi connectivity index (χ1) is 5.42. The Labute approximate surface area is 76.0 Å². The molecule has 1 aromatic rings. The maximum Gasteiger partial charge on any atom is 0.231 e. The van der Waals surface area contributed by atoms with Gasteiger partial charge in [-0.15, -0.1) is 12.4 Å². The Kier molecular flexibility index (Phi) is 2.62. The Morgan fingerprint density at radius 1 is 1.33 bits per heavy atom. The molecule has 0 bridgehead atoms. The van der Waals surface area contributed by atoms with Gasteiger partial charge in [-0.3, -0.25) is 5.84 Å². The predicted octanol–water partition coefficient (Wildman–Crippen LogP) is 1.12. The molecule has 66 valence electrons. The van der Waals surface area contributed by atoms with Crippen LogP contribution in [0.25, 0.3) is 0 Å². The molecule has 0 saturated carbocycles. The van der Waals surface area contributed by atoms with Crippen LogP contribution in [-0.4, -0.2) is 6.79 Å². The Hall–Kier alpha value is -1.13. The molecule has 1 aliphatic rings. The molecule has 0 aromatic heterocycles. The molecule has 0 spiro atoms. The van der Waals surface area contributed by atoms with Gasteiger partial charge in [0.15, 0.2) is 11.5 Å². The number of para-hydroxylation sites is 1. The van der Waals surface area contributed by atoms with E-state index in [9.17, 15) is 0 Å². The molecule has 0 amide bonds. The summed E-state index contributed by atoms with van der Waals surface area (Å²) in [7, 11) is 0. The van der Waals surface area contributed by atoms with E-state index in [0.29, 0.717) is 5.75 Å². The lowest BCUT2D eigenvalue weighted by Crippen LogP contribution is -2.07. The van der Waals surface area contributed by atoms with Gasteiger partial charge in [0.05, 0.1) is 5.69 Å². The Bertz CT molecular complexity index is 280. The van der Waals surface area contributed by atoms with Crippen LogP contribution in [0.5, 0.6) is 11.5 Å². The molecule has 0 atom stereocenters. The summed E-state index contributed by atoms with van der Waals surface area (Å²) >= 11 is 0. The van der Waals surface area contributed by atoms with E-state index in [1.165, 1.54) is 0 Å². The maximum atomic E-state index is 5.24. The molecule has 1 aromatic carbocycles. The Balaban J connectivity index is 0.000000720. The van der Waals surface area contributed by atoms with Crippen LogP contribution in [0.1, 0.15) is 0 Å². The van der Waals surface area contributed by atoms with Crippen molar-refractivity contribution in [1.82, 2.24) is 0 Å². The predicted molar refractivity (Wildman–Crippen MR) is 47.6 cm³/mol. The van der Waals surface area contributed by atoms with Gasteiger partial charge in [-0.05, 0) is 12.1 Å². The molecule has 1 heterocycles. The summed E-state index contributed by atoms with van der Waals surface area (Å²) in [6.07, 6.45) is 0. The van der Waals surface area contributed by atoms with Crippen LogP contribution < -0.4 is 20.7 Å². The highest BCUT2D eigenvalue weighted by atomic mass is 35.5. The van der Waals surface area contributed by atoms with Gasteiger partial charge >= 0.3 is 0 Å². The molecule has 1 aliphatic heterocycles. The van der Waals surface area contributed by atoms with Gasteiger partial charge in [0.2, 0.25) is 6.79 Å². The van der Waals surface area contributed by atoms with Gasteiger partial charge in [-0.25, -0.2) is 0 Å². The number of hydrogen-bond acceptors (Lipinski definition) is 4. The topological polar surface area (TPSA) is 56.5 Å². The van der Waals surface area contributed by atoms with Crippen LogP contribution >= 0.6 is 12.4 Å². The second-order valence-corrected chi connectivity index (χ2v) is 2.18. The number of benzene rings is 1. The van der Waals surface area contributed by atoms with E-state index in [1.807, 2.05) is 18.2 Å². The molecule has 0 unspecified atom stereocenters. The number of nitrogens with two attached hydrogens (primary N) is 1. The third-order valence-corrected chi connectivity index (χ3v) is 1.55. The number of halogens is 1. The van der Waals surface area contributed by atoms with Gasteiger partial charge in [-0.1, -0.05) is 6.07 Å². The van der Waals surface area contributed by atoms with Crippen molar-refractivity contribution in [2.75, 3.05) is 12.2 Å². The number of nitrogens with one attached hydrogen (secondary N) is 1. The van der Waals surface area contributed by atoms with Crippen molar-refractivity contribution in [3.05, 3.63) is 18.2 Å². The zero-order chi connectivity index (χ0) is 7.68. The second-order valence-electron chi connectivity index (χ2n) is 2.18. The fraction of sp³-hybridized carbons (Fsp3) is 0.143. The quantitative estimate of drug-likeness (QED) is 0.512. The molecular weight excluding hydrogens is 180 g/mol. The van der Waals surface area contributed by atoms with E-state index in [-0.39, 0.29) is 19.2 Å². The first-order valence-electron chi connectivity index (χ1n) is 3.27. The van der Waals surface area contributed by atoms with Crippen molar-refractivity contribution < 1.29 is 9.47 Å². The minimum atomic E-state index is 0. The second kappa shape index (κ2) is 3.51. The fourth-order valence-electron chi connectivity index (χ4n) is 1.04. The average molecular weight is 189 g/mol. The lowest BCUT2D eigenvalue weighted by atomic mass is 10.3. The van der Waals surface area contributed by atoms with Crippen LogP contribution in [0.15, 0.2) is 18.2 Å². The van der Waals surface area contributed by atoms with E-state index in [4.69, 9.17) is 15.3 Å². The standard InChI is InChI=1S/C7H8N2O2.ClH/c8-9-5-2-1-3-6-7(5)11-4-10-6;/h1-3,9H,4,8H2;1H. The number of hydrogen-bond donors (Lipinski definition) is 2. The number of nitrogen functional groups attached to an aromatic ring is 1. The van der Waals surface area contributed by atoms with Gasteiger partial charge in [0.25, 0.3) is 0 Å². The van der Waals surface area contributed by atoms with Crippen molar-refractivity contribution in [3.8, 4) is 11.5 Å². The van der Waals surface area contributed by atoms with Crippen LogP contribution in [-0.2, 0) is 0 Å². The Morgan fingerprint density at radius 3 is 2.92 bits per heavy atom. The number of fused-ring (bicyclic) bond motifs is 1. The van der Waals surface area contributed by atoms with E-state index in [1.54, 1.807) is 0 Å². The van der Waals surface area contributed by atoms with E-state index in [0.717, 1.165) is 11.4 Å². The molecule has 3 N–H and O–H groups in total. The number of ether oxygens (including phenoxy) is 2. The van der Waals surface area contributed by atoms with Crippen LogP contribution in [0, 0.1) is 0 Å². The summed E-state index contributed by atoms with van der Waals surface area (Å²) in [4.78, 5) is 0. The zero-order valence-corrected chi connectivity index (χ0v) is 7.06. The summed E-state index contributed by atoms with van der Waals surface area (Å²) in [5.41, 5.74) is 3.27. The summed E-state index contributed by atoms with van der Waals surface area (Å²) < 4.78 is 10.3. The normalized spacial score (nSPS) is 12.1. The fourth-order valence-corrected chi connectivity index (χ4v) is 1.04. The van der Waals surface area contributed by atoms with E-state index < -0.39 is 0 Å². The minimum Gasteiger partial charge on any atom is -0.454 e. The molecule has 0 fully saturated rings. The van der Waals surface area contributed by atoms with Crippen molar-refractivity contribution in [3.63, 3.8) is 0 Å². The summed E-state index contributed by atoms with van der Waals surface area (Å²) in [6.45, 7) is 0.272. The molecule has 12 heavy (non-hydrogen) atoms.